The molecule has 0 radical (unpaired) electrons. The molecule has 29 nitrogen and oxygen atoms in total. The van der Waals surface area contributed by atoms with Gasteiger partial charge in [-0.15, -0.1) is 12.4 Å². The lowest BCUT2D eigenvalue weighted by atomic mass is 10.1. The number of carbonyl (C=O) groups is 3. The van der Waals surface area contributed by atoms with Crippen molar-refractivity contribution in [1.82, 2.24) is 78.4 Å². The molecule has 0 saturated carbocycles. The average molecular weight is 2010 g/mol. The molecule has 2 unspecified atom stereocenters. The minimum atomic E-state index is -0.839. The first-order valence-electron chi connectivity index (χ1n) is 36.2. The number of aromatic nitrogens is 12. The van der Waals surface area contributed by atoms with Gasteiger partial charge in [0.25, 0.3) is 5.91 Å². The predicted octanol–water partition coefficient (Wildman–Crippen LogP) is 16.7. The maximum Gasteiger partial charge on any atom is 0.410 e. The summed E-state index contributed by atoms with van der Waals surface area (Å²) in [6.07, 6.45) is 10.5. The molecule has 4 aromatic carbocycles. The smallest absolute Gasteiger partial charge is 0.410 e. The molecule has 8 aromatic heterocycles. The van der Waals surface area contributed by atoms with Gasteiger partial charge in [-0.1, -0.05) is 19.0 Å². The van der Waals surface area contributed by atoms with Gasteiger partial charge in [-0.05, 0) is 223 Å². The van der Waals surface area contributed by atoms with Crippen molar-refractivity contribution < 1.29 is 79.7 Å². The fraction of sp³-hybridized carbons (Fsp3) is 0.362. The molecule has 38 heteroatoms. The highest BCUT2D eigenvalue weighted by Crippen LogP contribution is 2.35. The lowest BCUT2D eigenvalue weighted by Gasteiger charge is -2.25. The molecule has 1 aliphatic rings. The molecule has 9 heterocycles. The van der Waals surface area contributed by atoms with Crippen LogP contribution in [0.2, 0.25) is 5.15 Å². The van der Waals surface area contributed by atoms with Crippen LogP contribution in [-0.4, -0.2) is 188 Å². The normalized spacial score (nSPS) is 13.3. The van der Waals surface area contributed by atoms with Crippen molar-refractivity contribution in [2.45, 2.75) is 112 Å². The van der Waals surface area contributed by atoms with E-state index in [1.165, 1.54) is 86.9 Å². The molecule has 0 saturated heterocycles. The van der Waals surface area contributed by atoms with Crippen LogP contribution in [0.25, 0.3) is 22.6 Å². The Balaban J connectivity index is 0.000000208. The van der Waals surface area contributed by atoms with Crippen LogP contribution < -0.4 is 38.5 Å². The molecule has 2 bridgehead atoms. The van der Waals surface area contributed by atoms with E-state index in [1.807, 2.05) is 34.7 Å². The molecule has 0 aliphatic carbocycles. The Kier molecular flexibility index (Phi) is 35.5. The summed E-state index contributed by atoms with van der Waals surface area (Å²) in [5.74, 6) is 1.39. The zero-order chi connectivity index (χ0) is 84.3. The number of rotatable bonds is 19. The molecule has 12 aromatic rings. The molecular formula is C80H93Cl2F4I3N16O13. The topological polar surface area (TPSA) is 297 Å². The number of halogens is 9. The molecule has 0 fully saturated rings. The Morgan fingerprint density at radius 1 is 0.602 bits per heavy atom. The molecule has 634 valence electrons. The van der Waals surface area contributed by atoms with E-state index < -0.39 is 59.4 Å². The van der Waals surface area contributed by atoms with Crippen molar-refractivity contribution in [3.8, 4) is 40.6 Å². The van der Waals surface area contributed by atoms with E-state index >= 15 is 0 Å². The molecule has 3 amide bonds. The highest BCUT2D eigenvalue weighted by Gasteiger charge is 2.26. The molecule has 118 heavy (non-hydrogen) atoms. The van der Waals surface area contributed by atoms with Crippen molar-refractivity contribution >= 4 is 132 Å². The minimum absolute atomic E-state index is 0. The van der Waals surface area contributed by atoms with Crippen molar-refractivity contribution in [3.05, 3.63) is 214 Å². The van der Waals surface area contributed by atoms with Gasteiger partial charge in [0.15, 0.2) is 22.6 Å². The summed E-state index contributed by atoms with van der Waals surface area (Å²) in [7, 11) is 6.77. The first-order chi connectivity index (χ1) is 55.0. The summed E-state index contributed by atoms with van der Waals surface area (Å²) in [5, 5.41) is 29.7. The molecule has 13 rings (SSSR count). The number of aliphatic hydroxyl groups excluding tert-OH is 1. The number of carbonyl (C=O) groups excluding carboxylic acids is 3. The number of nitrogens with one attached hydrogen (secondary N) is 1. The van der Waals surface area contributed by atoms with E-state index in [0.717, 1.165) is 22.0 Å². The fourth-order valence-corrected chi connectivity index (χ4v) is 12.2. The third kappa shape index (κ3) is 27.5. The van der Waals surface area contributed by atoms with E-state index in [-0.39, 0.29) is 57.2 Å². The quantitative estimate of drug-likeness (QED) is 0.0329. The summed E-state index contributed by atoms with van der Waals surface area (Å²) in [5.41, 5.74) is 3.99. The van der Waals surface area contributed by atoms with Gasteiger partial charge in [-0.2, -0.15) is 35.3 Å². The van der Waals surface area contributed by atoms with Gasteiger partial charge in [-0.25, -0.2) is 50.2 Å². The van der Waals surface area contributed by atoms with Crippen molar-refractivity contribution in [3.63, 3.8) is 0 Å². The largest absolute Gasteiger partial charge is 0.492 e. The zero-order valence-electron chi connectivity index (χ0n) is 66.3. The van der Waals surface area contributed by atoms with E-state index in [2.05, 4.69) is 113 Å². The van der Waals surface area contributed by atoms with Gasteiger partial charge in [0.05, 0.1) is 61.2 Å². The van der Waals surface area contributed by atoms with Crippen LogP contribution in [0.4, 0.5) is 27.2 Å². The van der Waals surface area contributed by atoms with Gasteiger partial charge >= 0.3 is 12.2 Å². The third-order valence-electron chi connectivity index (χ3n) is 16.4. The van der Waals surface area contributed by atoms with Crippen LogP contribution in [0.1, 0.15) is 134 Å². The van der Waals surface area contributed by atoms with Gasteiger partial charge in [-0.3, -0.25) is 4.79 Å². The Bertz CT molecular complexity index is 5350. The van der Waals surface area contributed by atoms with Gasteiger partial charge in [0, 0.05) is 92.9 Å². The Labute approximate surface area is 732 Å². The third-order valence-corrected chi connectivity index (χ3v) is 18.9. The number of aliphatic hydroxyl groups is 1. The molecular weight excluding hydrogens is 1920 g/mol. The Morgan fingerprint density at radius 3 is 1.49 bits per heavy atom. The number of hydrogen-bond acceptors (Lipinski definition) is 22. The van der Waals surface area contributed by atoms with Gasteiger partial charge in [0.1, 0.15) is 113 Å². The molecule has 1 aliphatic heterocycles. The van der Waals surface area contributed by atoms with Crippen molar-refractivity contribution in [2.75, 3.05) is 80.8 Å². The van der Waals surface area contributed by atoms with Crippen LogP contribution >= 0.6 is 91.8 Å². The Hall–Kier alpha value is -9.62. The minimum Gasteiger partial charge on any atom is -0.492 e. The maximum atomic E-state index is 14.0. The molecule has 2 N–H and O–H groups in total. The fourth-order valence-electron chi connectivity index (χ4n) is 10.6. The highest BCUT2D eigenvalue weighted by atomic mass is 127. The average Bonchev–Trinajstić information content (AvgIpc) is 1.63. The Morgan fingerprint density at radius 2 is 1.02 bits per heavy atom. The van der Waals surface area contributed by atoms with Crippen LogP contribution in [0, 0.1) is 34.0 Å². The van der Waals surface area contributed by atoms with Crippen LogP contribution in [0.15, 0.2) is 147 Å². The lowest BCUT2D eigenvalue weighted by molar-refractivity contribution is 0.0268. The van der Waals surface area contributed by atoms with Crippen LogP contribution in [0.5, 0.6) is 40.6 Å². The monoisotopic (exact) mass is 2010 g/mol. The number of likely N-dealkylation sites (N-methyl/N-ethyl adjacent to an activating group) is 4. The van der Waals surface area contributed by atoms with E-state index in [0.29, 0.717) is 118 Å². The second-order valence-corrected chi connectivity index (χ2v) is 31.7. The number of hydrogen-bond donors (Lipinski definition) is 2. The van der Waals surface area contributed by atoms with Crippen molar-refractivity contribution in [2.24, 2.45) is 0 Å². The van der Waals surface area contributed by atoms with E-state index in [4.69, 9.17) is 54.2 Å². The summed E-state index contributed by atoms with van der Waals surface area (Å²) in [6, 6.07) is 23.7. The number of fused-ring (bicyclic) bond motifs is 5. The van der Waals surface area contributed by atoms with Crippen molar-refractivity contribution in [1.29, 1.82) is 0 Å². The first-order valence-corrected chi connectivity index (χ1v) is 39.8. The van der Waals surface area contributed by atoms with Crippen LogP contribution in [0.3, 0.4) is 0 Å². The standard InChI is InChI=1S/C22H26FIN4O4.C18H17FN4O3.C17H18FIN4O2.C16H24FNO4.C6H3ClIN3.CH4.ClH/c1-14(31-19-8-9-28-20(26-19)17(24)13-25-28)16-12-15(23)6-7-18(16)30-11-10-27(5)21(29)32-22(2,3)4;1-11-13-9-12(19)3-4-15(13)25-8-7-22(2)18(24)14-10-20-23-6-5-16(26-11)21-17(14)23;1-11(13-9-12(18)3-4-15(13)24-8-6-20-2)25-16-5-7-23-17(22-16)14(19)10-21-23;1-11(19)13-10-12(17)6-7-14(13)21-9-8-18(5)15(20)22-16(2,3)4;7-5-1-2-11-6(10-5)4(8)3-9-11;;/h6-9,12-14H,10-11H2,1-5H3;3-6,9-11H,7-8H2,1-2H3;3-5,7,9-11,20H,6,8H2,1-2H3;6-7,10-11,19H,8-9H2,1-5H3;1-3H;1H4;1H/t;11-;;11-;;;/m.1.1.../s1. The number of ether oxygens (including phenoxy) is 9. The predicted molar refractivity (Wildman–Crippen MR) is 463 cm³/mol. The van der Waals surface area contributed by atoms with Crippen LogP contribution in [-0.2, 0) is 9.47 Å². The highest BCUT2D eigenvalue weighted by molar-refractivity contribution is 14.1. The zero-order valence-corrected chi connectivity index (χ0v) is 74.4. The SMILES string of the molecule is C.CC(Oc1ccn2ncc(I)c2n1)c1cc(F)ccc1OCCN(C)C(=O)OC(C)(C)C.CNCCOc1ccc(F)cc1C(C)Oc1ccn2ncc(I)c2n1.C[C@@H](O)c1cc(F)ccc1OCCN(C)C(=O)OC(C)(C)C.C[C@H]1Oc2ccn3ncc(c3n2)C(=O)N(C)CCOc2ccc(F)cc21.Cl.Clc1ccn2ncc(I)c2n1. The lowest BCUT2D eigenvalue weighted by Crippen LogP contribution is -2.36. The van der Waals surface area contributed by atoms with E-state index in [9.17, 15) is 37.1 Å². The summed E-state index contributed by atoms with van der Waals surface area (Å²) < 4.78 is 115. The summed E-state index contributed by atoms with van der Waals surface area (Å²) in [4.78, 5) is 58.3. The van der Waals surface area contributed by atoms with E-state index in [1.54, 1.807) is 155 Å². The van der Waals surface area contributed by atoms with Gasteiger partial charge < -0.3 is 67.8 Å². The number of benzene rings is 4. The number of amides is 3. The second-order valence-electron chi connectivity index (χ2n) is 27.9. The molecule has 0 spiro atoms. The number of nitrogens with zero attached hydrogens (tertiary/aromatic N) is 15. The second kappa shape index (κ2) is 43.9. The summed E-state index contributed by atoms with van der Waals surface area (Å²) >= 11 is 12.2. The molecule has 4 atom stereocenters. The maximum absolute atomic E-state index is 14.0. The van der Waals surface area contributed by atoms with Gasteiger partial charge in [0.2, 0.25) is 17.6 Å². The first kappa shape index (κ1) is 95.5. The summed E-state index contributed by atoms with van der Waals surface area (Å²) in [6.45, 7) is 20.6.